The molecule has 0 radical (unpaired) electrons. The highest BCUT2D eigenvalue weighted by molar-refractivity contribution is 7.17. The quantitative estimate of drug-likeness (QED) is 0.602. The van der Waals surface area contributed by atoms with Gasteiger partial charge in [-0.25, -0.2) is 9.78 Å². The van der Waals surface area contributed by atoms with Crippen LogP contribution in [0.25, 0.3) is 21.3 Å². The van der Waals surface area contributed by atoms with Gasteiger partial charge in [-0.1, -0.05) is 50.6 Å². The Hall–Kier alpha value is -3.00. The van der Waals surface area contributed by atoms with Gasteiger partial charge in [0.1, 0.15) is 17.4 Å². The number of esters is 1. The number of carbonyl (C=O) groups excluding carboxylic acids is 2. The van der Waals surface area contributed by atoms with Gasteiger partial charge in [0.15, 0.2) is 0 Å². The van der Waals surface area contributed by atoms with E-state index >= 15 is 0 Å². The zero-order valence-corrected chi connectivity index (χ0v) is 17.4. The van der Waals surface area contributed by atoms with E-state index < -0.39 is 17.9 Å². The summed E-state index contributed by atoms with van der Waals surface area (Å²) in [5, 5.41) is 5.07. The van der Waals surface area contributed by atoms with Crippen molar-refractivity contribution in [1.29, 1.82) is 0 Å². The van der Waals surface area contributed by atoms with Crippen molar-refractivity contribution in [2.24, 2.45) is 5.92 Å². The topological polar surface area (TPSA) is 90.3 Å². The molecule has 2 atom stereocenters. The van der Waals surface area contributed by atoms with Gasteiger partial charge < -0.3 is 10.1 Å². The van der Waals surface area contributed by atoms with Gasteiger partial charge in [0.05, 0.1) is 18.8 Å². The second-order valence-corrected chi connectivity index (χ2v) is 7.69. The number of carbonyl (C=O) groups is 2. The van der Waals surface area contributed by atoms with Crippen LogP contribution >= 0.6 is 11.3 Å². The van der Waals surface area contributed by atoms with Crippen LogP contribution in [0.5, 0.6) is 0 Å². The maximum atomic E-state index is 13.0. The largest absolute Gasteiger partial charge is 0.467 e. The molecule has 1 amide bonds. The van der Waals surface area contributed by atoms with E-state index in [-0.39, 0.29) is 18.0 Å². The molecule has 3 aromatic rings. The van der Waals surface area contributed by atoms with E-state index in [9.17, 15) is 14.4 Å². The van der Waals surface area contributed by atoms with E-state index in [2.05, 4.69) is 10.3 Å². The minimum atomic E-state index is -0.758. The van der Waals surface area contributed by atoms with Crippen LogP contribution in [-0.4, -0.2) is 34.6 Å². The summed E-state index contributed by atoms with van der Waals surface area (Å²) in [6.45, 7) is 3.56. The number of nitrogens with one attached hydrogen (secondary N) is 1. The Bertz CT molecular complexity index is 1070. The number of fused-ring (bicyclic) bond motifs is 1. The van der Waals surface area contributed by atoms with Gasteiger partial charge in [-0.15, -0.1) is 11.3 Å². The zero-order chi connectivity index (χ0) is 21.0. The molecule has 152 valence electrons. The molecule has 2 aromatic heterocycles. The summed E-state index contributed by atoms with van der Waals surface area (Å²) in [5.41, 5.74) is 1.43. The molecule has 0 saturated carbocycles. The van der Waals surface area contributed by atoms with Crippen LogP contribution in [0.15, 0.2) is 46.8 Å². The first-order valence-corrected chi connectivity index (χ1v) is 10.2. The number of hydrogen-bond acceptors (Lipinski definition) is 6. The number of ether oxygens (including phenoxy) is 1. The molecule has 0 spiro atoms. The normalized spacial score (nSPS) is 13.1. The van der Waals surface area contributed by atoms with Gasteiger partial charge in [-0.2, -0.15) is 0 Å². The number of hydrogen-bond donors (Lipinski definition) is 1. The van der Waals surface area contributed by atoms with Crippen LogP contribution < -0.4 is 10.9 Å². The first-order valence-electron chi connectivity index (χ1n) is 9.35. The Labute approximate surface area is 172 Å². The molecule has 0 saturated heterocycles. The fourth-order valence-corrected chi connectivity index (χ4v) is 3.99. The van der Waals surface area contributed by atoms with Crippen molar-refractivity contribution < 1.29 is 14.3 Å². The average molecular weight is 413 g/mol. The maximum Gasteiger partial charge on any atom is 0.328 e. The number of aromatic nitrogens is 2. The number of methoxy groups -OCH3 is 1. The molecular weight excluding hydrogens is 390 g/mol. The molecule has 1 N–H and O–H groups in total. The Morgan fingerprint density at radius 2 is 2.00 bits per heavy atom. The summed E-state index contributed by atoms with van der Waals surface area (Å²) in [4.78, 5) is 42.5. The highest BCUT2D eigenvalue weighted by Gasteiger charge is 2.27. The number of nitrogens with zero attached hydrogens (tertiary/aromatic N) is 2. The van der Waals surface area contributed by atoms with Crippen molar-refractivity contribution >= 4 is 33.4 Å². The lowest BCUT2D eigenvalue weighted by molar-refractivity contribution is -0.146. The van der Waals surface area contributed by atoms with E-state index in [1.165, 1.54) is 29.3 Å². The third-order valence-electron chi connectivity index (χ3n) is 4.94. The van der Waals surface area contributed by atoms with Crippen molar-refractivity contribution in [3.63, 3.8) is 0 Å². The molecule has 7 nitrogen and oxygen atoms in total. The van der Waals surface area contributed by atoms with Crippen molar-refractivity contribution in [1.82, 2.24) is 14.9 Å². The highest BCUT2D eigenvalue weighted by Crippen LogP contribution is 2.30. The van der Waals surface area contributed by atoms with E-state index in [1.807, 2.05) is 49.6 Å². The lowest BCUT2D eigenvalue weighted by Crippen LogP contribution is -2.47. The van der Waals surface area contributed by atoms with Gasteiger partial charge in [0.25, 0.3) is 5.56 Å². The fourth-order valence-electron chi connectivity index (χ4n) is 3.08. The Morgan fingerprint density at radius 1 is 1.28 bits per heavy atom. The third-order valence-corrected chi connectivity index (χ3v) is 5.83. The molecule has 0 bridgehead atoms. The monoisotopic (exact) mass is 413 g/mol. The minimum Gasteiger partial charge on any atom is -0.467 e. The van der Waals surface area contributed by atoms with Gasteiger partial charge in [-0.3, -0.25) is 14.2 Å². The van der Waals surface area contributed by atoms with E-state index in [0.717, 1.165) is 11.1 Å². The van der Waals surface area contributed by atoms with Gasteiger partial charge in [0.2, 0.25) is 5.91 Å². The van der Waals surface area contributed by atoms with Crippen molar-refractivity contribution in [3.8, 4) is 11.1 Å². The SMILES string of the molecule is CC[C@@H](C)[C@H](NC(=O)Cn1cnc2scc(-c3ccccc3)c2c1=O)C(=O)OC. The molecule has 0 fully saturated rings. The van der Waals surface area contributed by atoms with E-state index in [4.69, 9.17) is 4.74 Å². The third kappa shape index (κ3) is 4.37. The Morgan fingerprint density at radius 3 is 2.66 bits per heavy atom. The molecule has 0 aliphatic carbocycles. The molecular formula is C21H23N3O4S. The molecule has 3 rings (SSSR count). The number of amides is 1. The van der Waals surface area contributed by atoms with Crippen molar-refractivity contribution in [3.05, 3.63) is 52.4 Å². The van der Waals surface area contributed by atoms with Gasteiger partial charge >= 0.3 is 5.97 Å². The number of benzene rings is 1. The Balaban J connectivity index is 1.89. The summed E-state index contributed by atoms with van der Waals surface area (Å²) >= 11 is 1.39. The molecule has 0 unspecified atom stereocenters. The van der Waals surface area contributed by atoms with E-state index in [1.54, 1.807) is 0 Å². The predicted octanol–water partition coefficient (Wildman–Crippen LogP) is 2.83. The summed E-state index contributed by atoms with van der Waals surface area (Å²) in [6, 6.07) is 8.82. The molecule has 8 heteroatoms. The van der Waals surface area contributed by atoms with Crippen LogP contribution in [0.3, 0.4) is 0 Å². The average Bonchev–Trinajstić information content (AvgIpc) is 3.18. The highest BCUT2D eigenvalue weighted by atomic mass is 32.1. The molecule has 0 aliphatic rings. The first-order chi connectivity index (χ1) is 14.0. The van der Waals surface area contributed by atoms with Crippen LogP contribution in [0, 0.1) is 5.92 Å². The van der Waals surface area contributed by atoms with Crippen LogP contribution in [0.2, 0.25) is 0 Å². The second-order valence-electron chi connectivity index (χ2n) is 6.83. The smallest absolute Gasteiger partial charge is 0.328 e. The van der Waals surface area contributed by atoms with Crippen LogP contribution in [0.1, 0.15) is 20.3 Å². The van der Waals surface area contributed by atoms with Gasteiger partial charge in [-0.05, 0) is 11.5 Å². The summed E-state index contributed by atoms with van der Waals surface area (Å²) in [5.74, 6) is -1.04. The standard InChI is InChI=1S/C21H23N3O4S/c1-4-13(2)18(21(27)28-3)23-16(25)10-24-12-22-19-17(20(24)26)15(11-29-19)14-8-6-5-7-9-14/h5-9,11-13,18H,4,10H2,1-3H3,(H,23,25)/t13-,18+/m1/s1. The lowest BCUT2D eigenvalue weighted by Gasteiger charge is -2.22. The second kappa shape index (κ2) is 9.00. The summed E-state index contributed by atoms with van der Waals surface area (Å²) < 4.78 is 6.05. The van der Waals surface area contributed by atoms with Crippen molar-refractivity contribution in [2.75, 3.05) is 7.11 Å². The van der Waals surface area contributed by atoms with Crippen LogP contribution in [0.4, 0.5) is 0 Å². The maximum absolute atomic E-state index is 13.0. The fraction of sp³-hybridized carbons (Fsp3) is 0.333. The molecule has 2 heterocycles. The van der Waals surface area contributed by atoms with Crippen molar-refractivity contribution in [2.45, 2.75) is 32.9 Å². The zero-order valence-electron chi connectivity index (χ0n) is 16.5. The van der Waals surface area contributed by atoms with E-state index in [0.29, 0.717) is 16.6 Å². The molecule has 29 heavy (non-hydrogen) atoms. The van der Waals surface area contributed by atoms with Crippen LogP contribution in [-0.2, 0) is 20.9 Å². The van der Waals surface area contributed by atoms with Gasteiger partial charge in [0, 0.05) is 10.9 Å². The number of rotatable bonds is 7. The lowest BCUT2D eigenvalue weighted by atomic mass is 9.99. The molecule has 1 aromatic carbocycles. The minimum absolute atomic E-state index is 0.0923. The molecule has 0 aliphatic heterocycles. The first kappa shape index (κ1) is 20.7. The number of thiophene rings is 1. The predicted molar refractivity (Wildman–Crippen MR) is 113 cm³/mol. The summed E-state index contributed by atoms with van der Waals surface area (Å²) in [7, 11) is 1.29. The summed E-state index contributed by atoms with van der Waals surface area (Å²) in [6.07, 6.45) is 2.06. The Kier molecular flexibility index (Phi) is 6.43.